The summed E-state index contributed by atoms with van der Waals surface area (Å²) in [4.78, 5) is 0. The number of benzene rings is 1. The lowest BCUT2D eigenvalue weighted by molar-refractivity contribution is 0.0122. The van der Waals surface area contributed by atoms with Crippen molar-refractivity contribution in [3.8, 4) is 0 Å². The van der Waals surface area contributed by atoms with Gasteiger partial charge in [0.15, 0.2) is 0 Å². The first-order chi connectivity index (χ1) is 9.95. The van der Waals surface area contributed by atoms with Crippen LogP contribution in [-0.4, -0.2) is 57.4 Å². The molecule has 0 amide bonds. The Morgan fingerprint density at radius 3 is 2.52 bits per heavy atom. The fraction of sp³-hybridized carbons (Fsp3) is 0.600. The van der Waals surface area contributed by atoms with E-state index in [1.54, 1.807) is 25.5 Å². The van der Waals surface area contributed by atoms with Crippen molar-refractivity contribution in [3.05, 3.63) is 35.9 Å². The Hall–Kier alpha value is -0.950. The van der Waals surface area contributed by atoms with Gasteiger partial charge in [-0.3, -0.25) is 0 Å². The quantitative estimate of drug-likeness (QED) is 0.825. The summed E-state index contributed by atoms with van der Waals surface area (Å²) in [5.41, 5.74) is 1.22. The van der Waals surface area contributed by atoms with Crippen LogP contribution in [-0.2, 0) is 21.4 Å². The summed E-state index contributed by atoms with van der Waals surface area (Å²) in [6, 6.07) is 10.2. The zero-order valence-corrected chi connectivity index (χ0v) is 13.7. The fourth-order valence-corrected chi connectivity index (χ4v) is 4.02. The molecular weight excluding hydrogens is 288 g/mol. The van der Waals surface area contributed by atoms with Crippen molar-refractivity contribution in [2.24, 2.45) is 5.92 Å². The summed E-state index contributed by atoms with van der Waals surface area (Å²) in [6.07, 6.45) is 1.68. The molecule has 2 atom stereocenters. The van der Waals surface area contributed by atoms with E-state index in [0.29, 0.717) is 13.1 Å². The zero-order chi connectivity index (χ0) is 15.5. The molecule has 0 spiro atoms. The first-order valence-electron chi connectivity index (χ1n) is 7.19. The molecule has 0 radical (unpaired) electrons. The number of piperidine rings is 1. The van der Waals surface area contributed by atoms with Crippen molar-refractivity contribution in [2.45, 2.75) is 18.9 Å². The minimum absolute atomic E-state index is 0.110. The van der Waals surface area contributed by atoms with Gasteiger partial charge >= 0.3 is 0 Å². The van der Waals surface area contributed by atoms with Gasteiger partial charge in [0.05, 0.1) is 6.10 Å². The normalized spacial score (nSPS) is 24.4. The van der Waals surface area contributed by atoms with Crippen molar-refractivity contribution in [1.82, 2.24) is 8.61 Å². The van der Waals surface area contributed by atoms with Crippen molar-refractivity contribution in [1.29, 1.82) is 0 Å². The highest BCUT2D eigenvalue weighted by atomic mass is 32.2. The van der Waals surface area contributed by atoms with Crippen LogP contribution in [0.25, 0.3) is 0 Å². The molecule has 1 aromatic carbocycles. The van der Waals surface area contributed by atoms with E-state index < -0.39 is 10.2 Å². The molecule has 1 saturated heterocycles. The van der Waals surface area contributed by atoms with Crippen LogP contribution >= 0.6 is 0 Å². The van der Waals surface area contributed by atoms with Crippen LogP contribution in [0.1, 0.15) is 12.0 Å². The summed E-state index contributed by atoms with van der Waals surface area (Å²) in [7, 11) is 1.51. The number of hydrogen-bond acceptors (Lipinski definition) is 3. The highest BCUT2D eigenvalue weighted by Crippen LogP contribution is 2.25. The highest BCUT2D eigenvalue weighted by Gasteiger charge is 2.35. The van der Waals surface area contributed by atoms with Crippen molar-refractivity contribution in [2.75, 3.05) is 34.3 Å². The maximum absolute atomic E-state index is 12.3. The molecule has 5 nitrogen and oxygen atoms in total. The molecule has 1 aromatic rings. The molecule has 0 bridgehead atoms. The summed E-state index contributed by atoms with van der Waals surface area (Å²) in [6.45, 7) is 1.03. The number of methoxy groups -OCH3 is 1. The molecule has 1 fully saturated rings. The van der Waals surface area contributed by atoms with Crippen LogP contribution in [0.5, 0.6) is 0 Å². The van der Waals surface area contributed by atoms with E-state index in [1.807, 2.05) is 18.2 Å². The van der Waals surface area contributed by atoms with Gasteiger partial charge in [-0.15, -0.1) is 0 Å². The van der Waals surface area contributed by atoms with Crippen molar-refractivity contribution >= 4 is 10.2 Å². The van der Waals surface area contributed by atoms with Crippen LogP contribution < -0.4 is 0 Å². The van der Waals surface area contributed by atoms with E-state index in [4.69, 9.17) is 4.74 Å². The van der Waals surface area contributed by atoms with Gasteiger partial charge in [-0.2, -0.15) is 17.0 Å². The molecule has 1 heterocycles. The minimum Gasteiger partial charge on any atom is -0.381 e. The molecule has 0 aliphatic carbocycles. The van der Waals surface area contributed by atoms with E-state index in [9.17, 15) is 8.42 Å². The van der Waals surface area contributed by atoms with Crippen LogP contribution in [0.15, 0.2) is 30.3 Å². The Kier molecular flexibility index (Phi) is 5.37. The molecule has 0 N–H and O–H groups in total. The molecule has 21 heavy (non-hydrogen) atoms. The number of hydrogen-bond donors (Lipinski definition) is 0. The number of rotatable bonds is 5. The standard InChI is InChI=1S/C15H24N2O3S/c1-16(2)21(18,19)17-10-9-15(20-3)14(12-17)11-13-7-5-4-6-8-13/h4-8,14-15H,9-12H2,1-3H3/t14-,15-/m0/s1. The van der Waals surface area contributed by atoms with Crippen LogP contribution in [0.2, 0.25) is 0 Å². The van der Waals surface area contributed by atoms with Gasteiger partial charge in [0.2, 0.25) is 0 Å². The van der Waals surface area contributed by atoms with Crippen LogP contribution in [0.3, 0.4) is 0 Å². The lowest BCUT2D eigenvalue weighted by atomic mass is 9.89. The summed E-state index contributed by atoms with van der Waals surface area (Å²) >= 11 is 0. The average Bonchev–Trinajstić information content (AvgIpc) is 2.48. The third-order valence-electron chi connectivity index (χ3n) is 4.06. The minimum atomic E-state index is -3.35. The maximum Gasteiger partial charge on any atom is 0.281 e. The Morgan fingerprint density at radius 2 is 1.95 bits per heavy atom. The van der Waals surface area contributed by atoms with Crippen LogP contribution in [0, 0.1) is 5.92 Å². The van der Waals surface area contributed by atoms with Crippen molar-refractivity contribution < 1.29 is 13.2 Å². The largest absolute Gasteiger partial charge is 0.381 e. The second-order valence-electron chi connectivity index (χ2n) is 5.66. The maximum atomic E-state index is 12.3. The van der Waals surface area contributed by atoms with Gasteiger partial charge in [-0.05, 0) is 18.4 Å². The van der Waals surface area contributed by atoms with Crippen molar-refractivity contribution in [3.63, 3.8) is 0 Å². The molecule has 6 heteroatoms. The highest BCUT2D eigenvalue weighted by molar-refractivity contribution is 7.86. The third kappa shape index (κ3) is 3.83. The molecule has 0 aromatic heterocycles. The van der Waals surface area contributed by atoms with E-state index in [0.717, 1.165) is 12.8 Å². The predicted molar refractivity (Wildman–Crippen MR) is 83.2 cm³/mol. The first-order valence-corrected chi connectivity index (χ1v) is 8.59. The third-order valence-corrected chi connectivity index (χ3v) is 5.97. The number of ether oxygens (including phenoxy) is 1. The Labute approximate surface area is 127 Å². The van der Waals surface area contributed by atoms with E-state index in [2.05, 4.69) is 12.1 Å². The topological polar surface area (TPSA) is 49.9 Å². The monoisotopic (exact) mass is 312 g/mol. The second-order valence-corrected chi connectivity index (χ2v) is 7.80. The SMILES string of the molecule is CO[C@H]1CCN(S(=O)(=O)N(C)C)C[C@@H]1Cc1ccccc1. The lowest BCUT2D eigenvalue weighted by Crippen LogP contribution is -2.50. The predicted octanol–water partition coefficient (Wildman–Crippen LogP) is 1.37. The first kappa shape index (κ1) is 16.4. The van der Waals surface area contributed by atoms with E-state index in [1.165, 1.54) is 9.87 Å². The molecule has 2 rings (SSSR count). The van der Waals surface area contributed by atoms with Gasteiger partial charge in [0.1, 0.15) is 0 Å². The van der Waals surface area contributed by atoms with Crippen LogP contribution in [0.4, 0.5) is 0 Å². The van der Waals surface area contributed by atoms with Gasteiger partial charge in [0, 0.05) is 40.2 Å². The molecular formula is C15H24N2O3S. The molecule has 0 saturated carbocycles. The molecule has 0 unspecified atom stereocenters. The van der Waals surface area contributed by atoms with Gasteiger partial charge in [-0.25, -0.2) is 0 Å². The summed E-state index contributed by atoms with van der Waals surface area (Å²) in [5, 5.41) is 0. The average molecular weight is 312 g/mol. The molecule has 1 aliphatic rings. The van der Waals surface area contributed by atoms with E-state index >= 15 is 0 Å². The van der Waals surface area contributed by atoms with Gasteiger partial charge in [0.25, 0.3) is 10.2 Å². The Balaban J connectivity index is 2.13. The molecule has 1 aliphatic heterocycles. The molecule has 118 valence electrons. The lowest BCUT2D eigenvalue weighted by Gasteiger charge is -2.38. The van der Waals surface area contributed by atoms with Gasteiger partial charge < -0.3 is 4.74 Å². The zero-order valence-electron chi connectivity index (χ0n) is 12.9. The number of nitrogens with zero attached hydrogens (tertiary/aromatic N) is 2. The second kappa shape index (κ2) is 6.87. The van der Waals surface area contributed by atoms with Gasteiger partial charge in [-0.1, -0.05) is 30.3 Å². The fourth-order valence-electron chi connectivity index (χ4n) is 2.84. The Bertz CT molecular complexity index is 545. The van der Waals surface area contributed by atoms with E-state index in [-0.39, 0.29) is 12.0 Å². The summed E-state index contributed by atoms with van der Waals surface area (Å²) < 4.78 is 33.0. The summed E-state index contributed by atoms with van der Waals surface area (Å²) in [5.74, 6) is 0.181. The Morgan fingerprint density at radius 1 is 1.29 bits per heavy atom. The smallest absolute Gasteiger partial charge is 0.281 e.